The lowest BCUT2D eigenvalue weighted by atomic mass is 9.98. The van der Waals surface area contributed by atoms with Crippen LogP contribution in [0.1, 0.15) is 98.8 Å². The first-order valence-electron chi connectivity index (χ1n) is 14.1. The Morgan fingerprint density at radius 3 is 1.69 bits per heavy atom. The van der Waals surface area contributed by atoms with Crippen molar-refractivity contribution in [3.63, 3.8) is 0 Å². The Bertz CT molecular complexity index is 1180. The van der Waals surface area contributed by atoms with Gasteiger partial charge in [-0.3, -0.25) is 9.36 Å². The molecule has 42 heavy (non-hydrogen) atoms. The molecule has 2 atom stereocenters. The molecule has 0 unspecified atom stereocenters. The van der Waals surface area contributed by atoms with Crippen LogP contribution >= 0.6 is 0 Å². The molecule has 2 aromatic rings. The smallest absolute Gasteiger partial charge is 0.419 e. The number of aryl methyl sites for hydroxylation is 1. The van der Waals surface area contributed by atoms with Gasteiger partial charge in [0, 0.05) is 11.9 Å². The van der Waals surface area contributed by atoms with Gasteiger partial charge in [-0.25, -0.2) is 9.59 Å². The van der Waals surface area contributed by atoms with Crippen molar-refractivity contribution in [3.05, 3.63) is 34.9 Å². The first kappa shape index (κ1) is 33.4. The molecule has 2 aliphatic rings. The number of methoxy groups -OCH3 is 2. The number of aromatic nitrogens is 4. The summed E-state index contributed by atoms with van der Waals surface area (Å²) in [6.45, 7) is 2.63. The molecular weight excluding hydrogens is 570 g/mol. The molecule has 0 radical (unpaired) electrons. The van der Waals surface area contributed by atoms with Crippen LogP contribution in [-0.4, -0.2) is 45.7 Å². The highest BCUT2D eigenvalue weighted by Gasteiger charge is 2.38. The van der Waals surface area contributed by atoms with Gasteiger partial charge < -0.3 is 9.47 Å². The molecule has 0 aromatic carbocycles. The van der Waals surface area contributed by atoms with E-state index in [1.54, 1.807) is 0 Å². The third kappa shape index (κ3) is 8.27. The van der Waals surface area contributed by atoms with E-state index in [4.69, 9.17) is 9.47 Å². The van der Waals surface area contributed by atoms with Crippen LogP contribution in [0.2, 0.25) is 0 Å². The third-order valence-corrected chi connectivity index (χ3v) is 8.20. The summed E-state index contributed by atoms with van der Waals surface area (Å²) in [5.74, 6) is -0.403. The van der Waals surface area contributed by atoms with Crippen molar-refractivity contribution in [2.45, 2.75) is 102 Å². The second-order valence-corrected chi connectivity index (χ2v) is 11.0. The normalized spacial score (nSPS) is 18.0. The molecule has 0 saturated heterocycles. The summed E-state index contributed by atoms with van der Waals surface area (Å²) in [6.07, 6.45) is 2.12. The summed E-state index contributed by atoms with van der Waals surface area (Å²) in [4.78, 5) is 23.9. The SMILES string of the molecule is COC(=O)[C@H](CC1CCCC1)n1cc(C(F)(F)F)c(C)n1.COC(=O)[C@H](CC1CCCC1)n1ncc(C(F)(F)F)c1C. The first-order valence-corrected chi connectivity index (χ1v) is 14.1. The molecule has 14 heteroatoms. The van der Waals surface area contributed by atoms with E-state index in [2.05, 4.69) is 10.2 Å². The summed E-state index contributed by atoms with van der Waals surface area (Å²) >= 11 is 0. The van der Waals surface area contributed by atoms with E-state index in [1.807, 2.05) is 0 Å². The molecule has 0 N–H and O–H groups in total. The molecule has 2 aromatic heterocycles. The maximum absolute atomic E-state index is 12.8. The van der Waals surface area contributed by atoms with E-state index in [1.165, 1.54) is 28.1 Å². The Kier molecular flexibility index (Phi) is 11.1. The van der Waals surface area contributed by atoms with Crippen molar-refractivity contribution < 1.29 is 45.4 Å². The molecule has 2 heterocycles. The van der Waals surface area contributed by atoms with E-state index >= 15 is 0 Å². The van der Waals surface area contributed by atoms with Crippen LogP contribution in [0.15, 0.2) is 12.4 Å². The van der Waals surface area contributed by atoms with Gasteiger partial charge >= 0.3 is 24.3 Å². The molecule has 0 bridgehead atoms. The number of alkyl halides is 6. The Hall–Kier alpha value is -3.06. The lowest BCUT2D eigenvalue weighted by Gasteiger charge is -2.20. The lowest BCUT2D eigenvalue weighted by molar-refractivity contribution is -0.146. The highest BCUT2D eigenvalue weighted by atomic mass is 19.4. The quantitative estimate of drug-likeness (QED) is 0.237. The summed E-state index contributed by atoms with van der Waals surface area (Å²) in [7, 11) is 2.48. The van der Waals surface area contributed by atoms with Crippen LogP contribution in [0.3, 0.4) is 0 Å². The van der Waals surface area contributed by atoms with E-state index in [-0.39, 0.29) is 11.4 Å². The number of hydrogen-bond acceptors (Lipinski definition) is 6. The van der Waals surface area contributed by atoms with Gasteiger partial charge in [0.1, 0.15) is 12.1 Å². The maximum atomic E-state index is 12.8. The zero-order valence-corrected chi connectivity index (χ0v) is 24.2. The fourth-order valence-electron chi connectivity index (χ4n) is 5.94. The molecule has 236 valence electrons. The molecule has 0 amide bonds. The summed E-state index contributed by atoms with van der Waals surface area (Å²) in [6, 6.07) is -1.57. The minimum atomic E-state index is -4.46. The molecular formula is C28H38F6N4O4. The predicted molar refractivity (Wildman–Crippen MR) is 139 cm³/mol. The number of hydrogen-bond donors (Lipinski definition) is 0. The van der Waals surface area contributed by atoms with Crippen molar-refractivity contribution in [2.75, 3.05) is 14.2 Å². The summed E-state index contributed by atoms with van der Waals surface area (Å²) in [5, 5.41) is 7.67. The van der Waals surface area contributed by atoms with Crippen LogP contribution in [0.5, 0.6) is 0 Å². The molecule has 0 aliphatic heterocycles. The van der Waals surface area contributed by atoms with Crippen molar-refractivity contribution in [2.24, 2.45) is 11.8 Å². The number of carbonyl (C=O) groups excluding carboxylic acids is 2. The zero-order valence-electron chi connectivity index (χ0n) is 24.2. The Morgan fingerprint density at radius 2 is 1.29 bits per heavy atom. The fraction of sp³-hybridized carbons (Fsp3) is 0.714. The highest BCUT2D eigenvalue weighted by Crippen LogP contribution is 2.37. The zero-order chi connectivity index (χ0) is 31.2. The molecule has 2 aliphatic carbocycles. The van der Waals surface area contributed by atoms with Crippen molar-refractivity contribution in [1.82, 2.24) is 19.6 Å². The molecule has 2 saturated carbocycles. The number of nitrogens with zero attached hydrogens (tertiary/aromatic N) is 4. The largest absolute Gasteiger partial charge is 0.467 e. The number of halogens is 6. The minimum Gasteiger partial charge on any atom is -0.467 e. The van der Waals surface area contributed by atoms with Crippen LogP contribution in [0, 0.1) is 25.7 Å². The Morgan fingerprint density at radius 1 is 0.833 bits per heavy atom. The Balaban J connectivity index is 0.000000230. The standard InChI is InChI=1S/2C14H19F3N2O2/c1-9-11(14(15,16)17)8-19(18-9)12(13(20)21-2)7-10-5-3-4-6-10;1-9-11(14(15,16)17)8-18-19(9)12(13(20)21-2)7-10-5-3-4-6-10/h2*8,10,12H,3-7H2,1-2H3/t2*12-/m00/s1. The lowest BCUT2D eigenvalue weighted by Crippen LogP contribution is -2.25. The van der Waals surface area contributed by atoms with E-state index in [0.29, 0.717) is 24.7 Å². The molecule has 0 spiro atoms. The maximum Gasteiger partial charge on any atom is 0.419 e. The van der Waals surface area contributed by atoms with E-state index in [9.17, 15) is 35.9 Å². The van der Waals surface area contributed by atoms with Crippen molar-refractivity contribution >= 4 is 11.9 Å². The van der Waals surface area contributed by atoms with Gasteiger partial charge in [-0.2, -0.15) is 36.5 Å². The highest BCUT2D eigenvalue weighted by molar-refractivity contribution is 5.74. The fourth-order valence-corrected chi connectivity index (χ4v) is 5.94. The van der Waals surface area contributed by atoms with Crippen molar-refractivity contribution in [1.29, 1.82) is 0 Å². The topological polar surface area (TPSA) is 88.2 Å². The monoisotopic (exact) mass is 608 g/mol. The average Bonchev–Trinajstić information content (AvgIpc) is 3.72. The van der Waals surface area contributed by atoms with E-state index in [0.717, 1.165) is 73.1 Å². The van der Waals surface area contributed by atoms with Gasteiger partial charge in [0.05, 0.1) is 37.2 Å². The van der Waals surface area contributed by atoms with Gasteiger partial charge in [-0.15, -0.1) is 0 Å². The number of ether oxygens (including phenoxy) is 2. The van der Waals surface area contributed by atoms with Gasteiger partial charge in [0.2, 0.25) is 0 Å². The number of carbonyl (C=O) groups is 2. The second kappa shape index (κ2) is 13.9. The van der Waals surface area contributed by atoms with Crippen LogP contribution < -0.4 is 0 Å². The molecule has 8 nitrogen and oxygen atoms in total. The van der Waals surface area contributed by atoms with Crippen LogP contribution in [-0.2, 0) is 31.4 Å². The Labute approximate surface area is 240 Å². The number of rotatable bonds is 8. The minimum absolute atomic E-state index is 0.0455. The number of esters is 2. The van der Waals surface area contributed by atoms with Crippen LogP contribution in [0.25, 0.3) is 0 Å². The van der Waals surface area contributed by atoms with Crippen molar-refractivity contribution in [3.8, 4) is 0 Å². The molecule has 2 fully saturated rings. The average molecular weight is 609 g/mol. The van der Waals surface area contributed by atoms with Gasteiger partial charge in [-0.05, 0) is 38.5 Å². The van der Waals surface area contributed by atoms with E-state index < -0.39 is 47.5 Å². The first-order chi connectivity index (χ1) is 19.7. The molecule has 4 rings (SSSR count). The van der Waals surface area contributed by atoms with Crippen LogP contribution in [0.4, 0.5) is 26.3 Å². The predicted octanol–water partition coefficient (Wildman–Crippen LogP) is 7.01. The third-order valence-electron chi connectivity index (χ3n) is 8.20. The van der Waals surface area contributed by atoms with Gasteiger partial charge in [0.25, 0.3) is 0 Å². The summed E-state index contributed by atoms with van der Waals surface area (Å²) < 4.78 is 88.8. The second-order valence-electron chi connectivity index (χ2n) is 11.0. The van der Waals surface area contributed by atoms with Gasteiger partial charge in [-0.1, -0.05) is 51.4 Å². The van der Waals surface area contributed by atoms with Gasteiger partial charge in [0.15, 0.2) is 0 Å². The summed E-state index contributed by atoms with van der Waals surface area (Å²) in [5.41, 5.74) is -1.77.